The largest absolute Gasteiger partial charge is 0.480 e. The summed E-state index contributed by atoms with van der Waals surface area (Å²) in [4.78, 5) is 50.6. The first-order chi connectivity index (χ1) is 17.1. The SMILES string of the molecule is CCC(C)C(NC(=O)C(N)Cc1ccccc1)C(=O)NC(CCSC)C(=O)NC(CCSC)C(=O)O. The number of amides is 3. The number of hydrogen-bond acceptors (Lipinski definition) is 7. The Bertz CT molecular complexity index is 843. The summed E-state index contributed by atoms with van der Waals surface area (Å²) in [5.41, 5.74) is 7.02. The number of carboxylic acids is 1. The van der Waals surface area contributed by atoms with Crippen LogP contribution in [-0.4, -0.2) is 77.0 Å². The van der Waals surface area contributed by atoms with Gasteiger partial charge in [0.05, 0.1) is 6.04 Å². The number of carboxylic acid groups (broad SMARTS) is 1. The lowest BCUT2D eigenvalue weighted by molar-refractivity contribution is -0.142. The molecule has 0 fully saturated rings. The lowest BCUT2D eigenvalue weighted by atomic mass is 9.96. The molecule has 5 atom stereocenters. The van der Waals surface area contributed by atoms with Crippen molar-refractivity contribution in [2.24, 2.45) is 11.7 Å². The Morgan fingerprint density at radius 2 is 1.44 bits per heavy atom. The number of carbonyl (C=O) groups is 4. The van der Waals surface area contributed by atoms with E-state index in [-0.39, 0.29) is 12.3 Å². The van der Waals surface area contributed by atoms with E-state index in [1.54, 1.807) is 0 Å². The van der Waals surface area contributed by atoms with Gasteiger partial charge in [0.15, 0.2) is 0 Å². The Morgan fingerprint density at radius 3 is 1.97 bits per heavy atom. The van der Waals surface area contributed by atoms with Crippen LogP contribution in [0.2, 0.25) is 0 Å². The van der Waals surface area contributed by atoms with Crippen molar-refractivity contribution in [3.05, 3.63) is 35.9 Å². The average Bonchev–Trinajstić information content (AvgIpc) is 2.86. The highest BCUT2D eigenvalue weighted by molar-refractivity contribution is 7.98. The second kappa shape index (κ2) is 17.3. The van der Waals surface area contributed by atoms with E-state index >= 15 is 0 Å². The highest BCUT2D eigenvalue weighted by Gasteiger charge is 2.32. The number of thioether (sulfide) groups is 2. The van der Waals surface area contributed by atoms with Crippen molar-refractivity contribution in [3.8, 4) is 0 Å². The fraction of sp³-hybridized carbons (Fsp3) is 0.600. The molecular weight excluding hydrogens is 500 g/mol. The molecule has 0 aromatic heterocycles. The Morgan fingerprint density at radius 1 is 0.889 bits per heavy atom. The Hall–Kier alpha value is -2.24. The predicted molar refractivity (Wildman–Crippen MR) is 147 cm³/mol. The molecule has 0 aliphatic rings. The van der Waals surface area contributed by atoms with Gasteiger partial charge in [0.2, 0.25) is 17.7 Å². The first-order valence-corrected chi connectivity index (χ1v) is 14.8. The molecule has 36 heavy (non-hydrogen) atoms. The lowest BCUT2D eigenvalue weighted by Gasteiger charge is -2.28. The molecule has 5 unspecified atom stereocenters. The minimum absolute atomic E-state index is 0.213. The van der Waals surface area contributed by atoms with Crippen LogP contribution in [0.3, 0.4) is 0 Å². The second-order valence-corrected chi connectivity index (χ2v) is 10.7. The van der Waals surface area contributed by atoms with Gasteiger partial charge in [-0.2, -0.15) is 23.5 Å². The van der Waals surface area contributed by atoms with Crippen LogP contribution in [-0.2, 0) is 25.6 Å². The second-order valence-electron chi connectivity index (χ2n) is 8.69. The molecule has 1 aromatic carbocycles. The Labute approximate surface area is 222 Å². The quantitative estimate of drug-likeness (QED) is 0.200. The maximum Gasteiger partial charge on any atom is 0.326 e. The van der Waals surface area contributed by atoms with Gasteiger partial charge < -0.3 is 26.8 Å². The predicted octanol–water partition coefficient (Wildman–Crippen LogP) is 1.65. The van der Waals surface area contributed by atoms with Gasteiger partial charge in [-0.3, -0.25) is 14.4 Å². The number of nitrogens with one attached hydrogen (secondary N) is 3. The molecule has 0 saturated heterocycles. The third-order valence-electron chi connectivity index (χ3n) is 5.90. The molecule has 0 bridgehead atoms. The molecule has 0 aliphatic heterocycles. The van der Waals surface area contributed by atoms with Crippen molar-refractivity contribution in [1.29, 1.82) is 0 Å². The van der Waals surface area contributed by atoms with E-state index < -0.39 is 47.9 Å². The standard InChI is InChI=1S/C25H40N4O5S2/c1-5-16(2)21(29-22(30)18(26)15-17-9-7-6-8-10-17)24(32)27-19(11-13-35-3)23(31)28-20(25(33)34)12-14-36-4/h6-10,16,18-21H,5,11-15,26H2,1-4H3,(H,27,32)(H,28,31)(H,29,30)(H,33,34). The van der Waals surface area contributed by atoms with E-state index in [0.29, 0.717) is 30.8 Å². The molecule has 0 saturated carbocycles. The minimum Gasteiger partial charge on any atom is -0.480 e. The Balaban J connectivity index is 2.94. The highest BCUT2D eigenvalue weighted by atomic mass is 32.2. The fourth-order valence-electron chi connectivity index (χ4n) is 3.45. The molecule has 1 rings (SSSR count). The molecule has 0 spiro atoms. The molecule has 9 nitrogen and oxygen atoms in total. The van der Waals surface area contributed by atoms with Crippen molar-refractivity contribution < 1.29 is 24.3 Å². The van der Waals surface area contributed by atoms with Crippen LogP contribution < -0.4 is 21.7 Å². The van der Waals surface area contributed by atoms with Crippen molar-refractivity contribution in [2.75, 3.05) is 24.0 Å². The Kier molecular flexibility index (Phi) is 15.2. The van der Waals surface area contributed by atoms with Crippen LogP contribution in [0, 0.1) is 5.92 Å². The van der Waals surface area contributed by atoms with Crippen molar-refractivity contribution >= 4 is 47.2 Å². The van der Waals surface area contributed by atoms with Crippen LogP contribution in [0.25, 0.3) is 0 Å². The van der Waals surface area contributed by atoms with Gasteiger partial charge >= 0.3 is 5.97 Å². The van der Waals surface area contributed by atoms with E-state index in [1.165, 1.54) is 23.5 Å². The van der Waals surface area contributed by atoms with Gasteiger partial charge in [-0.05, 0) is 54.8 Å². The molecule has 3 amide bonds. The zero-order valence-electron chi connectivity index (χ0n) is 21.5. The third kappa shape index (κ3) is 11.2. The third-order valence-corrected chi connectivity index (χ3v) is 7.19. The van der Waals surface area contributed by atoms with E-state index in [9.17, 15) is 24.3 Å². The summed E-state index contributed by atoms with van der Waals surface area (Å²) >= 11 is 3.00. The zero-order valence-corrected chi connectivity index (χ0v) is 23.1. The fourth-order valence-corrected chi connectivity index (χ4v) is 4.40. The molecule has 0 heterocycles. The lowest BCUT2D eigenvalue weighted by Crippen LogP contribution is -2.59. The van der Waals surface area contributed by atoms with Gasteiger partial charge in [-0.15, -0.1) is 0 Å². The van der Waals surface area contributed by atoms with E-state index in [0.717, 1.165) is 5.56 Å². The average molecular weight is 541 g/mol. The molecule has 0 radical (unpaired) electrons. The van der Waals surface area contributed by atoms with Crippen LogP contribution in [0.4, 0.5) is 0 Å². The van der Waals surface area contributed by atoms with Crippen molar-refractivity contribution in [3.63, 3.8) is 0 Å². The summed E-state index contributed by atoms with van der Waals surface area (Å²) in [5.74, 6) is -1.68. The number of rotatable bonds is 17. The van der Waals surface area contributed by atoms with Crippen LogP contribution >= 0.6 is 23.5 Å². The van der Waals surface area contributed by atoms with Gasteiger partial charge in [-0.25, -0.2) is 4.79 Å². The smallest absolute Gasteiger partial charge is 0.326 e. The number of carbonyl (C=O) groups excluding carboxylic acids is 3. The first kappa shape index (κ1) is 31.8. The summed E-state index contributed by atoms with van der Waals surface area (Å²) in [7, 11) is 0. The summed E-state index contributed by atoms with van der Waals surface area (Å²) in [6.45, 7) is 3.75. The van der Waals surface area contributed by atoms with E-state index in [1.807, 2.05) is 56.7 Å². The molecule has 11 heteroatoms. The monoisotopic (exact) mass is 540 g/mol. The summed E-state index contributed by atoms with van der Waals surface area (Å²) in [6.07, 6.45) is 5.28. The number of hydrogen-bond donors (Lipinski definition) is 5. The zero-order chi connectivity index (χ0) is 27.1. The van der Waals surface area contributed by atoms with Crippen molar-refractivity contribution in [1.82, 2.24) is 16.0 Å². The summed E-state index contributed by atoms with van der Waals surface area (Å²) < 4.78 is 0. The van der Waals surface area contributed by atoms with Gasteiger partial charge in [0.25, 0.3) is 0 Å². The van der Waals surface area contributed by atoms with Gasteiger partial charge in [0.1, 0.15) is 18.1 Å². The topological polar surface area (TPSA) is 151 Å². The minimum atomic E-state index is -1.12. The van der Waals surface area contributed by atoms with Crippen LogP contribution in [0.5, 0.6) is 0 Å². The number of nitrogens with two attached hydrogens (primary N) is 1. The van der Waals surface area contributed by atoms with Gasteiger partial charge in [0, 0.05) is 0 Å². The number of benzene rings is 1. The summed E-state index contributed by atoms with van der Waals surface area (Å²) in [6, 6.07) is 5.67. The molecular formula is C25H40N4O5S2. The normalized spacial score (nSPS) is 15.1. The first-order valence-electron chi connectivity index (χ1n) is 12.1. The van der Waals surface area contributed by atoms with Crippen LogP contribution in [0.15, 0.2) is 30.3 Å². The maximum atomic E-state index is 13.3. The molecule has 6 N–H and O–H groups in total. The van der Waals surface area contributed by atoms with Gasteiger partial charge in [-0.1, -0.05) is 50.6 Å². The molecule has 0 aliphatic carbocycles. The van der Waals surface area contributed by atoms with Crippen LogP contribution in [0.1, 0.15) is 38.7 Å². The number of aliphatic carboxylic acids is 1. The summed E-state index contributed by atoms with van der Waals surface area (Å²) in [5, 5.41) is 17.5. The molecule has 202 valence electrons. The van der Waals surface area contributed by atoms with E-state index in [4.69, 9.17) is 5.73 Å². The molecule has 1 aromatic rings. The maximum absolute atomic E-state index is 13.3. The highest BCUT2D eigenvalue weighted by Crippen LogP contribution is 2.11. The van der Waals surface area contributed by atoms with Crippen molar-refractivity contribution in [2.45, 2.75) is 63.7 Å². The van der Waals surface area contributed by atoms with E-state index in [2.05, 4.69) is 16.0 Å².